The van der Waals surface area contributed by atoms with E-state index in [0.29, 0.717) is 24.4 Å². The smallest absolute Gasteiger partial charge is 0.407 e. The third-order valence-electron chi connectivity index (χ3n) is 17.5. The maximum Gasteiger partial charge on any atom is 1.00 e. The molecule has 508 valence electrons. The number of carbonyl (C=O) groups is 3. The van der Waals surface area contributed by atoms with E-state index in [9.17, 15) is 24.6 Å². The Morgan fingerprint density at radius 2 is 0.637 bits per heavy atom. The molecule has 11 nitrogen and oxygen atoms in total. The minimum absolute atomic E-state index is 0. The minimum Gasteiger partial charge on any atom is -0.407 e. The van der Waals surface area contributed by atoms with E-state index in [2.05, 4.69) is 170 Å². The van der Waals surface area contributed by atoms with Crippen LogP contribution >= 0.6 is 0 Å². The molecule has 2 atom stereocenters. The number of rotatable bonds is 49. The van der Waals surface area contributed by atoms with Crippen molar-refractivity contribution in [2.75, 3.05) is 13.2 Å². The van der Waals surface area contributed by atoms with Gasteiger partial charge in [-0.3, -0.25) is 23.3 Å². The van der Waals surface area contributed by atoms with Crippen LogP contribution < -0.4 is 84.1 Å². The molecule has 4 aromatic rings. The molecular weight excluding hydrogens is 1290 g/mol. The van der Waals surface area contributed by atoms with E-state index in [1.165, 1.54) is 91.4 Å². The Labute approximate surface area is 583 Å². The summed E-state index contributed by atoms with van der Waals surface area (Å²) in [5.41, 5.74) is 0. The van der Waals surface area contributed by atoms with Gasteiger partial charge in [-0.1, -0.05) is 311 Å². The molecule has 0 radical (unpaired) electrons. The van der Waals surface area contributed by atoms with Crippen molar-refractivity contribution in [1.29, 1.82) is 0 Å². The first-order valence-corrected chi connectivity index (χ1v) is 42.4. The summed E-state index contributed by atoms with van der Waals surface area (Å²) in [6, 6.07) is 43.5. The zero-order valence-corrected chi connectivity index (χ0v) is 64.3. The second-order valence-corrected chi connectivity index (χ2v) is 37.8. The van der Waals surface area contributed by atoms with Crippen molar-refractivity contribution in [2.24, 2.45) is 0 Å². The summed E-state index contributed by atoms with van der Waals surface area (Å²) in [7, 11) is -4.85. The number of hydrogen-bond donors (Lipinski definition) is 2. The predicted molar refractivity (Wildman–Crippen MR) is 367 cm³/mol. The average molecular weight is 1420 g/mol. The Kier molecular flexibility index (Phi) is 49.5. The molecule has 2 unspecified atom stereocenters. The van der Waals surface area contributed by atoms with Crippen LogP contribution in [-0.2, 0) is 23.2 Å². The van der Waals surface area contributed by atoms with Crippen LogP contribution in [0.3, 0.4) is 0 Å². The maximum atomic E-state index is 12.4. The fourth-order valence-electron chi connectivity index (χ4n) is 12.5. The van der Waals surface area contributed by atoms with Crippen LogP contribution in [0.2, 0.25) is 10.1 Å². The Bertz CT molecular complexity index is 2280. The van der Waals surface area contributed by atoms with Crippen LogP contribution in [-0.4, -0.2) is 70.1 Å². The van der Waals surface area contributed by atoms with Crippen LogP contribution in [0.4, 0.5) is 0 Å². The molecule has 91 heavy (non-hydrogen) atoms. The molecule has 15 heteroatoms. The molecule has 0 amide bonds. The summed E-state index contributed by atoms with van der Waals surface area (Å²) in [4.78, 5) is 34.8. The second-order valence-electron chi connectivity index (χ2n) is 27.0. The van der Waals surface area contributed by atoms with Crippen LogP contribution in [0.25, 0.3) is 0 Å². The number of aliphatic hydroxyl groups excluding tert-OH is 2. The second kappa shape index (κ2) is 51.9. The monoisotopic (exact) mass is 1420 g/mol. The molecule has 4 rings (SSSR count). The standard InChI is InChI=1S/C42H70O4Si.C34H52O3Si.IO4.Na/c1-5-6-7-12-25-34-40(44)41(45)35-26-15-9-8-13-19-28-37(43)29-20-14-10-11-16-27-36-46-47(42(2,3)4,38-30-21-17-22-31-38)39-32-23-18-24-33-39;1-34(2,3)38(32-25-17-13-18-26-32,33-27-19-14-20-28-33)37-30-22-12-8-6-10-16-24-31(36)23-15-9-5-4-7-11-21-29-35;2-1(3,4)5;/h17-18,21-24,30-33,40-41,44-45H,5-16,19-20,25-29,34-36H2,1-4H3;13-14,17-20,25-29H,4-12,15-16,21-24,30H2,1-3H3;;/q;;-1;+1. The average Bonchev–Trinajstić information content (AvgIpc) is 0.773. The van der Waals surface area contributed by atoms with Crippen molar-refractivity contribution in [3.8, 4) is 0 Å². The van der Waals surface area contributed by atoms with E-state index in [1.54, 1.807) is 0 Å². The molecule has 0 heterocycles. The number of aliphatic hydroxyl groups is 2. The minimum atomic E-state index is -5.94. The molecule has 0 saturated heterocycles. The number of Topliss-reactive ketones (excluding diaryl/α,β-unsaturated/α-hetero) is 2. The first-order valence-electron chi connectivity index (χ1n) is 35.1. The Hall–Kier alpha value is -2.27. The van der Waals surface area contributed by atoms with E-state index >= 15 is 0 Å². The van der Waals surface area contributed by atoms with Gasteiger partial charge in [-0.15, -0.1) is 0 Å². The van der Waals surface area contributed by atoms with Crippen LogP contribution in [0.1, 0.15) is 280 Å². The van der Waals surface area contributed by atoms with Gasteiger partial charge in [0.1, 0.15) is 37.9 Å². The van der Waals surface area contributed by atoms with Crippen molar-refractivity contribution in [3.05, 3.63) is 121 Å². The summed E-state index contributed by atoms with van der Waals surface area (Å²) < 4.78 is 48.5. The summed E-state index contributed by atoms with van der Waals surface area (Å²) in [6.45, 7) is 17.8. The quantitative estimate of drug-likeness (QED) is 0.0192. The topological polar surface area (TPSA) is 202 Å². The first-order chi connectivity index (χ1) is 43.1. The molecule has 4 aromatic carbocycles. The van der Waals surface area contributed by atoms with E-state index < -0.39 is 48.9 Å². The Balaban J connectivity index is 0.000000852. The first kappa shape index (κ1) is 86.7. The maximum absolute atomic E-state index is 12.4. The Morgan fingerprint density at radius 1 is 0.407 bits per heavy atom. The van der Waals surface area contributed by atoms with Crippen molar-refractivity contribution in [1.82, 2.24) is 0 Å². The molecule has 0 fully saturated rings. The predicted octanol–water partition coefficient (Wildman–Crippen LogP) is 7.50. The van der Waals surface area contributed by atoms with Gasteiger partial charge in [-0.2, -0.15) is 0 Å². The van der Waals surface area contributed by atoms with Crippen molar-refractivity contribution in [2.45, 2.75) is 302 Å². The van der Waals surface area contributed by atoms with E-state index in [1.807, 2.05) is 0 Å². The number of unbranched alkanes of at least 4 members (excludes halogenated alkanes) is 25. The number of halogens is 1. The molecular formula is C76H122INaO11Si2. The third kappa shape index (κ3) is 38.3. The normalized spacial score (nSPS) is 12.6. The molecule has 0 aliphatic carbocycles. The SMILES string of the molecule is CC(C)(C)[Si](OCCCCCCCCC(=O)CCCCCCCCC=O)(c1ccccc1)c1ccccc1.CCCCCCCC(O)C(O)CCCCCCCCC(=O)CCCCCCCCO[Si](c1ccccc1)(c1ccccc1)C(C)(C)C.[Na+].[O-][I+3]([O-])([O-])[O-]. The fourth-order valence-corrected chi connectivity index (χ4v) is 21.7. The number of benzene rings is 4. The summed E-state index contributed by atoms with van der Waals surface area (Å²) in [5, 5.41) is 25.8. The van der Waals surface area contributed by atoms with Gasteiger partial charge in [-0.05, 0) is 88.6 Å². The van der Waals surface area contributed by atoms with Crippen molar-refractivity contribution in [3.63, 3.8) is 0 Å². The van der Waals surface area contributed by atoms with Crippen LogP contribution in [0, 0.1) is 0 Å². The van der Waals surface area contributed by atoms with E-state index in [0.717, 1.165) is 167 Å². The molecule has 0 aliphatic heterocycles. The zero-order valence-electron chi connectivity index (χ0n) is 58.1. The summed E-state index contributed by atoms with van der Waals surface area (Å²) in [5.74, 6) is 0.861. The number of hydrogen-bond acceptors (Lipinski definition) is 11. The van der Waals surface area contributed by atoms with Gasteiger partial charge in [0.25, 0.3) is 16.6 Å². The van der Waals surface area contributed by atoms with E-state index in [4.69, 9.17) is 22.6 Å². The summed E-state index contributed by atoms with van der Waals surface area (Å²) in [6.07, 6.45) is 37.6. The largest absolute Gasteiger partial charge is 1.00 e. The molecule has 0 spiro atoms. The number of aldehydes is 1. The Morgan fingerprint density at radius 3 is 0.890 bits per heavy atom. The van der Waals surface area contributed by atoms with Gasteiger partial charge in [0.2, 0.25) is 0 Å². The van der Waals surface area contributed by atoms with Gasteiger partial charge in [0.05, 0.1) is 12.2 Å². The number of ketones is 2. The van der Waals surface area contributed by atoms with Crippen LogP contribution in [0.5, 0.6) is 0 Å². The van der Waals surface area contributed by atoms with Gasteiger partial charge in [0.15, 0.2) is 0 Å². The van der Waals surface area contributed by atoms with Crippen molar-refractivity contribution >= 4 is 55.2 Å². The fraction of sp³-hybridized carbons (Fsp3) is 0.645. The van der Waals surface area contributed by atoms with Gasteiger partial charge < -0.3 is 23.9 Å². The molecule has 0 bridgehead atoms. The molecule has 2 N–H and O–H groups in total. The molecule has 0 aromatic heterocycles. The van der Waals surface area contributed by atoms with E-state index in [-0.39, 0.29) is 39.6 Å². The third-order valence-corrected chi connectivity index (χ3v) is 27.5. The summed E-state index contributed by atoms with van der Waals surface area (Å²) >= 11 is -5.94. The van der Waals surface area contributed by atoms with Crippen molar-refractivity contribution < 1.29 is 96.8 Å². The van der Waals surface area contributed by atoms with Gasteiger partial charge >= 0.3 is 29.6 Å². The number of carbonyl (C=O) groups excluding carboxylic acids is 3. The van der Waals surface area contributed by atoms with Crippen LogP contribution in [0.15, 0.2) is 121 Å². The molecule has 0 aliphatic rings. The van der Waals surface area contributed by atoms with Gasteiger partial charge in [0, 0.05) is 45.3 Å². The zero-order chi connectivity index (χ0) is 66.3. The van der Waals surface area contributed by atoms with Gasteiger partial charge in [-0.25, -0.2) is 0 Å². The molecule has 0 saturated carbocycles.